The molecule has 1 aromatic heterocycles. The lowest BCUT2D eigenvalue weighted by Crippen LogP contribution is -2.37. The maximum absolute atomic E-state index is 11.6. The molecule has 0 radical (unpaired) electrons. The molecule has 80 valence electrons. The Labute approximate surface area is 89.3 Å². The molecule has 1 aliphatic carbocycles. The van der Waals surface area contributed by atoms with Gasteiger partial charge in [0, 0.05) is 32.0 Å². The van der Waals surface area contributed by atoms with Crippen LogP contribution in [0.3, 0.4) is 0 Å². The highest BCUT2D eigenvalue weighted by Gasteiger charge is 2.24. The quantitative estimate of drug-likeness (QED) is 0.810. The first kappa shape index (κ1) is 9.96. The Kier molecular flexibility index (Phi) is 2.85. The molecular weight excluding hydrogens is 190 g/mol. The minimum Gasteiger partial charge on any atom is -0.335 e. The summed E-state index contributed by atoms with van der Waals surface area (Å²) in [4.78, 5) is 17.2. The second-order valence-electron chi connectivity index (χ2n) is 3.94. The van der Waals surface area contributed by atoms with E-state index >= 15 is 0 Å². The van der Waals surface area contributed by atoms with E-state index in [9.17, 15) is 4.79 Å². The van der Waals surface area contributed by atoms with Crippen molar-refractivity contribution in [1.29, 1.82) is 0 Å². The van der Waals surface area contributed by atoms with Crippen LogP contribution in [0.5, 0.6) is 0 Å². The van der Waals surface area contributed by atoms with E-state index < -0.39 is 0 Å². The summed E-state index contributed by atoms with van der Waals surface area (Å²) < 4.78 is 0. The Bertz CT molecular complexity index is 335. The van der Waals surface area contributed by atoms with Crippen LogP contribution in [0, 0.1) is 0 Å². The molecule has 15 heavy (non-hydrogen) atoms. The molecule has 1 aromatic rings. The first-order chi connectivity index (χ1) is 7.25. The van der Waals surface area contributed by atoms with E-state index in [-0.39, 0.29) is 6.03 Å². The molecule has 0 spiro atoms. The fraction of sp³-hybridized carbons (Fsp3) is 0.455. The van der Waals surface area contributed by atoms with Gasteiger partial charge in [0.15, 0.2) is 0 Å². The van der Waals surface area contributed by atoms with Crippen LogP contribution in [0.4, 0.5) is 4.79 Å². The highest BCUT2D eigenvalue weighted by atomic mass is 16.2. The number of carbonyl (C=O) groups is 1. The molecule has 4 nitrogen and oxygen atoms in total. The first-order valence-corrected chi connectivity index (χ1v) is 5.16. The Balaban J connectivity index is 1.85. The summed E-state index contributed by atoms with van der Waals surface area (Å²) in [6.45, 7) is 0.626. The van der Waals surface area contributed by atoms with Gasteiger partial charge in [0.25, 0.3) is 0 Å². The molecular formula is C11H15N3O. The monoisotopic (exact) mass is 205 g/mol. The number of amides is 2. The van der Waals surface area contributed by atoms with Gasteiger partial charge in [-0.2, -0.15) is 0 Å². The number of urea groups is 1. The van der Waals surface area contributed by atoms with E-state index in [0.29, 0.717) is 12.6 Å². The van der Waals surface area contributed by atoms with E-state index in [0.717, 1.165) is 18.4 Å². The number of carbonyl (C=O) groups excluding carboxylic acids is 1. The summed E-state index contributed by atoms with van der Waals surface area (Å²) in [5, 5.41) is 2.95. The Hall–Kier alpha value is -1.58. The normalized spacial score (nSPS) is 14.7. The van der Waals surface area contributed by atoms with Gasteiger partial charge >= 0.3 is 6.03 Å². The topological polar surface area (TPSA) is 45.2 Å². The molecule has 1 fully saturated rings. The maximum atomic E-state index is 11.6. The average Bonchev–Trinajstić information content (AvgIpc) is 3.03. The molecule has 1 heterocycles. The summed E-state index contributed by atoms with van der Waals surface area (Å²) in [5.41, 5.74) is 1.10. The molecule has 0 bridgehead atoms. The van der Waals surface area contributed by atoms with E-state index in [2.05, 4.69) is 10.3 Å². The molecule has 0 unspecified atom stereocenters. The number of rotatable bonds is 3. The van der Waals surface area contributed by atoms with Crippen LogP contribution in [0.25, 0.3) is 0 Å². The summed E-state index contributed by atoms with van der Waals surface area (Å²) in [6.07, 6.45) is 5.72. The summed E-state index contributed by atoms with van der Waals surface area (Å²) in [5.74, 6) is 0. The van der Waals surface area contributed by atoms with Gasteiger partial charge in [0.05, 0.1) is 0 Å². The molecule has 2 rings (SSSR count). The highest BCUT2D eigenvalue weighted by Crippen LogP contribution is 2.18. The van der Waals surface area contributed by atoms with E-state index in [1.165, 1.54) is 0 Å². The maximum Gasteiger partial charge on any atom is 0.317 e. The molecule has 0 atom stereocenters. The van der Waals surface area contributed by atoms with Gasteiger partial charge in [-0.05, 0) is 30.5 Å². The molecule has 1 N–H and O–H groups in total. The largest absolute Gasteiger partial charge is 0.335 e. The van der Waals surface area contributed by atoms with E-state index in [1.807, 2.05) is 12.1 Å². The fourth-order valence-electron chi connectivity index (χ4n) is 1.35. The molecule has 1 aliphatic rings. The van der Waals surface area contributed by atoms with Crippen molar-refractivity contribution in [1.82, 2.24) is 15.2 Å². The average molecular weight is 205 g/mol. The standard InChI is InChI=1S/C11H15N3O/c1-14(11(15)13-10-2-3-10)8-9-4-6-12-7-5-9/h4-7,10H,2-3,8H2,1H3,(H,13,15). The minimum absolute atomic E-state index is 0.00862. The third-order valence-electron chi connectivity index (χ3n) is 2.42. The van der Waals surface area contributed by atoms with Gasteiger partial charge in [-0.25, -0.2) is 4.79 Å². The van der Waals surface area contributed by atoms with Crippen molar-refractivity contribution < 1.29 is 4.79 Å². The predicted molar refractivity (Wildman–Crippen MR) is 57.3 cm³/mol. The number of pyridine rings is 1. The number of aromatic nitrogens is 1. The molecule has 0 saturated heterocycles. The van der Waals surface area contributed by atoms with Gasteiger partial charge in [0.1, 0.15) is 0 Å². The van der Waals surface area contributed by atoms with Crippen molar-refractivity contribution in [3.05, 3.63) is 30.1 Å². The van der Waals surface area contributed by atoms with E-state index in [1.54, 1.807) is 24.3 Å². The van der Waals surface area contributed by atoms with Gasteiger partial charge in [-0.1, -0.05) is 0 Å². The number of hydrogen-bond donors (Lipinski definition) is 1. The fourth-order valence-corrected chi connectivity index (χ4v) is 1.35. The summed E-state index contributed by atoms with van der Waals surface area (Å²) in [6, 6.07) is 4.26. The van der Waals surface area contributed by atoms with Gasteiger partial charge < -0.3 is 10.2 Å². The predicted octanol–water partition coefficient (Wildman–Crippen LogP) is 1.39. The van der Waals surface area contributed by atoms with Crippen molar-refractivity contribution >= 4 is 6.03 Å². The molecule has 1 saturated carbocycles. The second kappa shape index (κ2) is 4.29. The van der Waals surface area contributed by atoms with Crippen molar-refractivity contribution in [2.24, 2.45) is 0 Å². The zero-order chi connectivity index (χ0) is 10.7. The zero-order valence-electron chi connectivity index (χ0n) is 8.81. The number of hydrogen-bond acceptors (Lipinski definition) is 2. The van der Waals surface area contributed by atoms with Crippen molar-refractivity contribution in [3.63, 3.8) is 0 Å². The first-order valence-electron chi connectivity index (χ1n) is 5.16. The SMILES string of the molecule is CN(Cc1ccncc1)C(=O)NC1CC1. The lowest BCUT2D eigenvalue weighted by molar-refractivity contribution is 0.206. The van der Waals surface area contributed by atoms with Crippen molar-refractivity contribution in [2.75, 3.05) is 7.05 Å². The van der Waals surface area contributed by atoms with Gasteiger partial charge in [-0.15, -0.1) is 0 Å². The molecule has 0 aromatic carbocycles. The molecule has 2 amide bonds. The van der Waals surface area contributed by atoms with Crippen LogP contribution in [0.1, 0.15) is 18.4 Å². The smallest absolute Gasteiger partial charge is 0.317 e. The van der Waals surface area contributed by atoms with Crippen molar-refractivity contribution in [2.45, 2.75) is 25.4 Å². The molecule has 0 aliphatic heterocycles. The lowest BCUT2D eigenvalue weighted by Gasteiger charge is -2.17. The zero-order valence-corrected chi connectivity index (χ0v) is 8.81. The Morgan fingerprint density at radius 3 is 2.80 bits per heavy atom. The van der Waals surface area contributed by atoms with Gasteiger partial charge in [0.2, 0.25) is 0 Å². The van der Waals surface area contributed by atoms with Gasteiger partial charge in [-0.3, -0.25) is 4.98 Å². The second-order valence-corrected chi connectivity index (χ2v) is 3.94. The lowest BCUT2D eigenvalue weighted by atomic mass is 10.2. The molecule has 4 heteroatoms. The van der Waals surface area contributed by atoms with Crippen LogP contribution in [0.2, 0.25) is 0 Å². The van der Waals surface area contributed by atoms with Crippen LogP contribution in [-0.4, -0.2) is 29.0 Å². The number of nitrogens with one attached hydrogen (secondary N) is 1. The van der Waals surface area contributed by atoms with Crippen LogP contribution >= 0.6 is 0 Å². The highest BCUT2D eigenvalue weighted by molar-refractivity contribution is 5.74. The summed E-state index contributed by atoms with van der Waals surface area (Å²) in [7, 11) is 1.80. The Morgan fingerprint density at radius 2 is 2.20 bits per heavy atom. The van der Waals surface area contributed by atoms with Crippen LogP contribution < -0.4 is 5.32 Å². The third kappa shape index (κ3) is 2.94. The minimum atomic E-state index is 0.00862. The summed E-state index contributed by atoms with van der Waals surface area (Å²) >= 11 is 0. The Morgan fingerprint density at radius 1 is 1.53 bits per heavy atom. The number of nitrogens with zero attached hydrogens (tertiary/aromatic N) is 2. The van der Waals surface area contributed by atoms with Crippen LogP contribution in [-0.2, 0) is 6.54 Å². The van der Waals surface area contributed by atoms with Crippen molar-refractivity contribution in [3.8, 4) is 0 Å². The van der Waals surface area contributed by atoms with Crippen LogP contribution in [0.15, 0.2) is 24.5 Å². The van der Waals surface area contributed by atoms with E-state index in [4.69, 9.17) is 0 Å². The third-order valence-corrected chi connectivity index (χ3v) is 2.42.